The van der Waals surface area contributed by atoms with Crippen molar-refractivity contribution in [3.8, 4) is 0 Å². The van der Waals surface area contributed by atoms with E-state index in [9.17, 15) is 18.3 Å². The predicted molar refractivity (Wildman–Crippen MR) is 91.9 cm³/mol. The number of rotatable bonds is 5. The van der Waals surface area contributed by atoms with Crippen LogP contribution in [0.2, 0.25) is 5.02 Å². The van der Waals surface area contributed by atoms with Crippen LogP contribution in [0.3, 0.4) is 0 Å². The second kappa shape index (κ2) is 5.21. The van der Waals surface area contributed by atoms with Gasteiger partial charge in [0.2, 0.25) is 7.01 Å². The summed E-state index contributed by atoms with van der Waals surface area (Å²) in [4.78, 5) is 11.2. The summed E-state index contributed by atoms with van der Waals surface area (Å²) < 4.78 is 29.1. The van der Waals surface area contributed by atoms with E-state index in [4.69, 9.17) is 16.3 Å². The summed E-state index contributed by atoms with van der Waals surface area (Å²) in [7, 11) is -3.61. The van der Waals surface area contributed by atoms with Crippen LogP contribution in [0.4, 0.5) is 5.69 Å². The summed E-state index contributed by atoms with van der Waals surface area (Å²) in [6, 6.07) is 2.48. The average Bonchev–Trinajstić information content (AvgIpc) is 3.32. The highest BCUT2D eigenvalue weighted by Crippen LogP contribution is 2.64. The van der Waals surface area contributed by atoms with Crippen molar-refractivity contribution in [1.29, 1.82) is 0 Å². The molecule has 1 saturated heterocycles. The van der Waals surface area contributed by atoms with Crippen molar-refractivity contribution in [2.75, 3.05) is 11.9 Å². The summed E-state index contributed by atoms with van der Waals surface area (Å²) in [6.45, 7) is 0.603. The molecule has 1 aromatic rings. The molecule has 2 saturated carbocycles. The number of benzene rings is 1. The molecule has 0 amide bonds. The number of ether oxygens (including phenoxy) is 1. The minimum Gasteiger partial charge on any atom is -0.478 e. The molecule has 6 nitrogen and oxygen atoms in total. The van der Waals surface area contributed by atoms with E-state index < -0.39 is 13.0 Å². The zero-order valence-corrected chi connectivity index (χ0v) is 15.4. The molecular weight excluding hydrogens is 457 g/mol. The Hall–Kier alpha value is -0.580. The van der Waals surface area contributed by atoms with Gasteiger partial charge in [-0.2, -0.15) is 0 Å². The second-order valence-corrected chi connectivity index (χ2v) is 11.4. The zero-order chi connectivity index (χ0) is 16.5. The normalized spacial score (nSPS) is 33.7. The lowest BCUT2D eigenvalue weighted by molar-refractivity contribution is 0.0697. The molecular formula is C14H13ClINO5S. The lowest BCUT2D eigenvalue weighted by Gasteiger charge is -2.13. The monoisotopic (exact) mass is 469 g/mol. The van der Waals surface area contributed by atoms with Gasteiger partial charge in [0, 0.05) is 12.5 Å². The predicted octanol–water partition coefficient (Wildman–Crippen LogP) is 2.61. The van der Waals surface area contributed by atoms with Crippen LogP contribution in [0.15, 0.2) is 17.0 Å². The number of carboxylic acid groups (broad SMARTS) is 1. The van der Waals surface area contributed by atoms with Crippen LogP contribution in [0.5, 0.6) is 0 Å². The van der Waals surface area contributed by atoms with E-state index in [0.29, 0.717) is 42.2 Å². The van der Waals surface area contributed by atoms with Crippen LogP contribution in [0.1, 0.15) is 16.8 Å². The molecule has 5 atom stereocenters. The first kappa shape index (κ1) is 15.9. The number of hydrogen-bond donors (Lipinski definition) is 2. The summed E-state index contributed by atoms with van der Waals surface area (Å²) >= 11 is 7.25. The SMILES string of the molecule is O=C(O)c1cc(S(=O)(=O)I)c(Cl)cc1NCC1C2O[C@H]3CC3C12. The molecule has 3 aliphatic rings. The van der Waals surface area contributed by atoms with Gasteiger partial charge in [0.1, 0.15) is 0 Å². The molecule has 0 aromatic heterocycles. The number of carbonyl (C=O) groups is 1. The van der Waals surface area contributed by atoms with Crippen molar-refractivity contribution in [1.82, 2.24) is 0 Å². The Balaban J connectivity index is 1.55. The first-order valence-corrected chi connectivity index (χ1v) is 11.6. The highest BCUT2D eigenvalue weighted by molar-refractivity contribution is 14.2. The third-order valence-electron chi connectivity index (χ3n) is 4.85. The zero-order valence-electron chi connectivity index (χ0n) is 11.7. The van der Waals surface area contributed by atoms with Crippen molar-refractivity contribution in [2.45, 2.75) is 23.5 Å². The van der Waals surface area contributed by atoms with Gasteiger partial charge >= 0.3 is 5.97 Å². The molecule has 1 heterocycles. The van der Waals surface area contributed by atoms with Crippen LogP contribution in [0, 0.1) is 17.8 Å². The Morgan fingerprint density at radius 2 is 2.22 bits per heavy atom. The van der Waals surface area contributed by atoms with E-state index in [1.807, 2.05) is 0 Å². The largest absolute Gasteiger partial charge is 0.478 e. The number of anilines is 1. The van der Waals surface area contributed by atoms with E-state index in [-0.39, 0.29) is 15.5 Å². The highest BCUT2D eigenvalue weighted by Gasteiger charge is 2.69. The Morgan fingerprint density at radius 3 is 2.78 bits per heavy atom. The molecule has 2 N–H and O–H groups in total. The molecule has 124 valence electrons. The minimum absolute atomic E-state index is 0.0152. The van der Waals surface area contributed by atoms with E-state index in [1.54, 1.807) is 0 Å². The van der Waals surface area contributed by atoms with Crippen LogP contribution in [-0.4, -0.2) is 38.2 Å². The maximum absolute atomic E-state index is 11.7. The van der Waals surface area contributed by atoms with Gasteiger partial charge in [-0.1, -0.05) is 11.6 Å². The average molecular weight is 470 g/mol. The third-order valence-corrected chi connectivity index (χ3v) is 7.56. The van der Waals surface area contributed by atoms with Crippen molar-refractivity contribution < 1.29 is 23.1 Å². The lowest BCUT2D eigenvalue weighted by atomic mass is 10.1. The number of halogens is 2. The number of aromatic carboxylic acids is 1. The summed E-state index contributed by atoms with van der Waals surface area (Å²) in [5.41, 5.74) is 0.240. The van der Waals surface area contributed by atoms with Gasteiger partial charge in [0.25, 0.3) is 0 Å². The van der Waals surface area contributed by atoms with Gasteiger partial charge in [-0.25, -0.2) is 13.2 Å². The molecule has 0 bridgehead atoms. The van der Waals surface area contributed by atoms with Crippen LogP contribution in [-0.2, 0) is 11.7 Å². The summed E-state index contributed by atoms with van der Waals surface area (Å²) in [6.07, 6.45) is 1.90. The first-order chi connectivity index (χ1) is 10.8. The number of hydrogen-bond acceptors (Lipinski definition) is 5. The summed E-state index contributed by atoms with van der Waals surface area (Å²) in [5.74, 6) is 0.471. The van der Waals surface area contributed by atoms with Gasteiger partial charge < -0.3 is 15.2 Å². The number of fused-ring (bicyclic) bond motifs is 3. The Kier molecular flexibility index (Phi) is 3.60. The van der Waals surface area contributed by atoms with E-state index >= 15 is 0 Å². The molecule has 0 radical (unpaired) electrons. The van der Waals surface area contributed by atoms with Crippen LogP contribution < -0.4 is 5.32 Å². The molecule has 2 aliphatic carbocycles. The first-order valence-electron chi connectivity index (χ1n) is 7.18. The molecule has 4 unspecified atom stereocenters. The molecule has 9 heteroatoms. The second-order valence-electron chi connectivity index (χ2n) is 6.23. The standard InChI is InChI=1S/C14H13ClINO5S/c15-8-3-9(5(14(18)19)2-11(8)23(16,20)21)17-4-7-12-6-1-10(6)22-13(7)12/h2-3,6-7,10,12-13,17H,1,4H2,(H,18,19)/t6?,7?,10-,12?,13?/m0/s1. The van der Waals surface area contributed by atoms with Gasteiger partial charge in [-0.05, 0) is 30.4 Å². The lowest BCUT2D eigenvalue weighted by Crippen LogP contribution is -2.13. The molecule has 23 heavy (non-hydrogen) atoms. The molecule has 3 fully saturated rings. The summed E-state index contributed by atoms with van der Waals surface area (Å²) in [5, 5.41) is 12.4. The Morgan fingerprint density at radius 1 is 1.48 bits per heavy atom. The Bertz CT molecular complexity index is 814. The van der Waals surface area contributed by atoms with Crippen molar-refractivity contribution in [2.24, 2.45) is 17.8 Å². The molecule has 1 aliphatic heterocycles. The number of nitrogens with one attached hydrogen (secondary N) is 1. The fourth-order valence-electron chi connectivity index (χ4n) is 3.62. The topological polar surface area (TPSA) is 92.7 Å². The van der Waals surface area contributed by atoms with Crippen molar-refractivity contribution in [3.63, 3.8) is 0 Å². The van der Waals surface area contributed by atoms with Gasteiger partial charge in [-0.15, -0.1) is 0 Å². The maximum atomic E-state index is 11.7. The molecule has 0 spiro atoms. The third kappa shape index (κ3) is 2.73. The minimum atomic E-state index is -3.61. The van der Waals surface area contributed by atoms with Gasteiger partial charge in [-0.3, -0.25) is 0 Å². The van der Waals surface area contributed by atoms with Gasteiger partial charge in [0.05, 0.1) is 54.6 Å². The van der Waals surface area contributed by atoms with E-state index in [1.165, 1.54) is 27.3 Å². The fraction of sp³-hybridized carbons (Fsp3) is 0.500. The van der Waals surface area contributed by atoms with E-state index in [2.05, 4.69) is 5.32 Å². The van der Waals surface area contributed by atoms with Crippen molar-refractivity contribution in [3.05, 3.63) is 22.7 Å². The highest BCUT2D eigenvalue weighted by atomic mass is 127. The van der Waals surface area contributed by atoms with E-state index in [0.717, 1.165) is 12.5 Å². The fourth-order valence-corrected chi connectivity index (χ4v) is 6.12. The van der Waals surface area contributed by atoms with Gasteiger partial charge in [0.15, 0.2) is 0 Å². The van der Waals surface area contributed by atoms with Crippen LogP contribution in [0.25, 0.3) is 0 Å². The maximum Gasteiger partial charge on any atom is 0.337 e. The molecule has 1 aromatic carbocycles. The Labute approximate surface area is 150 Å². The smallest absolute Gasteiger partial charge is 0.337 e. The number of carboxylic acids is 1. The quantitative estimate of drug-likeness (QED) is 0.509. The molecule has 4 rings (SSSR count). The van der Waals surface area contributed by atoms with Crippen molar-refractivity contribution >= 4 is 51.5 Å². The van der Waals surface area contributed by atoms with Crippen LogP contribution >= 0.6 is 32.8 Å².